The second-order valence-corrected chi connectivity index (χ2v) is 22.8. The van der Waals surface area contributed by atoms with Gasteiger partial charge in [-0.05, 0) is 57.6 Å². The van der Waals surface area contributed by atoms with E-state index in [0.717, 1.165) is 16.7 Å². The molecule has 13 nitrogen and oxygen atoms in total. The first-order valence-electron chi connectivity index (χ1n) is 20.5. The number of anilines is 1. The molecule has 1 aliphatic heterocycles. The zero-order valence-electron chi connectivity index (χ0n) is 35.9. The summed E-state index contributed by atoms with van der Waals surface area (Å²) in [6.07, 6.45) is 0.749. The van der Waals surface area contributed by atoms with Crippen molar-refractivity contribution in [1.29, 1.82) is 0 Å². The number of amides is 1. The Hall–Kier alpha value is -4.86. The third kappa shape index (κ3) is 8.08. The van der Waals surface area contributed by atoms with Crippen LogP contribution in [0, 0.1) is 5.92 Å². The molecule has 1 amide bonds. The molecule has 3 aromatic carbocycles. The van der Waals surface area contributed by atoms with Crippen LogP contribution in [0.4, 0.5) is 5.95 Å². The summed E-state index contributed by atoms with van der Waals surface area (Å²) in [7, 11) is 0.548. The maximum Gasteiger partial charge on any atom is 0.280 e. The molecule has 1 fully saturated rings. The number of aromatic nitrogens is 4. The number of imidazole rings is 1. The molecule has 0 bridgehead atoms. The van der Waals surface area contributed by atoms with Gasteiger partial charge in [-0.2, -0.15) is 4.98 Å². The molecule has 316 valence electrons. The molecule has 59 heavy (non-hydrogen) atoms. The molecule has 6 rings (SSSR count). The molecule has 2 aromatic heterocycles. The smallest absolute Gasteiger partial charge is 0.280 e. The SMILES string of the molecule is COc1ccc(C(OC[C@]2(C(O)[Si](C(C)C)(C(C)C)C(C)C)CNC[C@H](n3cnc4c(=O)[nH]c(NC(=O)C(C)C)nc43)O2)(c2ccccc2)c2ccc(OC)cc2)cc1. The molecule has 3 atom stereocenters. The van der Waals surface area contributed by atoms with Crippen molar-refractivity contribution in [2.75, 3.05) is 39.2 Å². The number of carbonyl (C=O) groups is 1. The summed E-state index contributed by atoms with van der Waals surface area (Å²) in [5.74, 6) is 0.794. The molecular formula is C45H60N6O7Si. The van der Waals surface area contributed by atoms with Gasteiger partial charge in [-0.25, -0.2) is 4.98 Å². The van der Waals surface area contributed by atoms with Crippen LogP contribution in [0.25, 0.3) is 11.2 Å². The lowest BCUT2D eigenvalue weighted by atomic mass is 9.79. The molecule has 3 heterocycles. The average Bonchev–Trinajstić information content (AvgIpc) is 3.66. The topological polar surface area (TPSA) is 162 Å². The van der Waals surface area contributed by atoms with Gasteiger partial charge in [0.2, 0.25) is 11.9 Å². The summed E-state index contributed by atoms with van der Waals surface area (Å²) in [5.41, 5.74) is -0.533. The van der Waals surface area contributed by atoms with Gasteiger partial charge in [0.05, 0.1) is 41.0 Å². The first kappa shape index (κ1) is 43.7. The van der Waals surface area contributed by atoms with Crippen LogP contribution in [-0.2, 0) is 19.9 Å². The van der Waals surface area contributed by atoms with E-state index in [0.29, 0.717) is 18.0 Å². The number of H-pyrrole nitrogens is 1. The Morgan fingerprint density at radius 2 is 1.44 bits per heavy atom. The monoisotopic (exact) mass is 824 g/mol. The number of carbonyl (C=O) groups excluding carboxylic acids is 1. The van der Waals surface area contributed by atoms with Crippen molar-refractivity contribution in [3.05, 3.63) is 112 Å². The lowest BCUT2D eigenvalue weighted by Gasteiger charge is -2.55. The van der Waals surface area contributed by atoms with Crippen LogP contribution in [0.3, 0.4) is 0 Å². The molecule has 0 spiro atoms. The van der Waals surface area contributed by atoms with Crippen molar-refractivity contribution < 1.29 is 28.8 Å². The van der Waals surface area contributed by atoms with Gasteiger partial charge in [0.1, 0.15) is 28.9 Å². The van der Waals surface area contributed by atoms with Crippen LogP contribution in [0.15, 0.2) is 90.0 Å². The Balaban J connectivity index is 1.55. The van der Waals surface area contributed by atoms with E-state index >= 15 is 0 Å². The Labute approximate surface area is 347 Å². The molecule has 1 unspecified atom stereocenters. The third-order valence-electron chi connectivity index (χ3n) is 12.3. The molecule has 5 aromatic rings. The highest BCUT2D eigenvalue weighted by molar-refractivity contribution is 6.84. The molecular weight excluding hydrogens is 765 g/mol. The minimum absolute atomic E-state index is 0.0128. The Bertz CT molecular complexity index is 2170. The number of nitrogens with zero attached hydrogens (tertiary/aromatic N) is 3. The molecule has 0 radical (unpaired) electrons. The van der Waals surface area contributed by atoms with E-state index < -0.39 is 36.8 Å². The van der Waals surface area contributed by atoms with Gasteiger partial charge in [0, 0.05) is 19.0 Å². The second kappa shape index (κ2) is 17.8. The third-order valence-corrected chi connectivity index (χ3v) is 19.8. The first-order valence-corrected chi connectivity index (χ1v) is 22.8. The Kier molecular flexibility index (Phi) is 13.2. The highest BCUT2D eigenvalue weighted by Crippen LogP contribution is 2.50. The highest BCUT2D eigenvalue weighted by atomic mass is 28.3. The maximum atomic E-state index is 13.4. The second-order valence-electron chi connectivity index (χ2n) is 16.8. The van der Waals surface area contributed by atoms with E-state index in [4.69, 9.17) is 18.9 Å². The molecule has 0 aliphatic carbocycles. The normalized spacial score (nSPS) is 18.2. The van der Waals surface area contributed by atoms with Gasteiger partial charge < -0.3 is 29.4 Å². The van der Waals surface area contributed by atoms with Crippen molar-refractivity contribution in [3.8, 4) is 11.5 Å². The van der Waals surface area contributed by atoms with E-state index in [1.165, 1.54) is 6.33 Å². The number of benzene rings is 3. The fourth-order valence-electron chi connectivity index (χ4n) is 9.41. The van der Waals surface area contributed by atoms with Crippen molar-refractivity contribution in [3.63, 3.8) is 0 Å². The lowest BCUT2D eigenvalue weighted by Crippen LogP contribution is -2.71. The summed E-state index contributed by atoms with van der Waals surface area (Å²) in [6, 6.07) is 25.8. The predicted molar refractivity (Wildman–Crippen MR) is 233 cm³/mol. The van der Waals surface area contributed by atoms with Crippen LogP contribution < -0.4 is 25.7 Å². The predicted octanol–water partition coefficient (Wildman–Crippen LogP) is 7.18. The number of rotatable bonds is 16. The number of methoxy groups -OCH3 is 2. The van der Waals surface area contributed by atoms with Gasteiger partial charge >= 0.3 is 0 Å². The summed E-state index contributed by atoms with van der Waals surface area (Å²) >= 11 is 0. The number of hydrogen-bond acceptors (Lipinski definition) is 10. The largest absolute Gasteiger partial charge is 0.497 e. The minimum Gasteiger partial charge on any atom is -0.497 e. The molecule has 14 heteroatoms. The van der Waals surface area contributed by atoms with Crippen molar-refractivity contribution in [2.24, 2.45) is 5.92 Å². The number of nitrogens with one attached hydrogen (secondary N) is 3. The highest BCUT2D eigenvalue weighted by Gasteiger charge is 2.60. The molecule has 1 saturated heterocycles. The van der Waals surface area contributed by atoms with Crippen LogP contribution >= 0.6 is 0 Å². The summed E-state index contributed by atoms with van der Waals surface area (Å²) in [6.45, 7) is 17.4. The summed E-state index contributed by atoms with van der Waals surface area (Å²) < 4.78 is 27.8. The van der Waals surface area contributed by atoms with Crippen molar-refractivity contribution in [1.82, 2.24) is 24.8 Å². The van der Waals surface area contributed by atoms with Gasteiger partial charge in [-0.1, -0.05) is 110 Å². The lowest BCUT2D eigenvalue weighted by molar-refractivity contribution is -0.215. The Morgan fingerprint density at radius 1 is 0.898 bits per heavy atom. The number of aliphatic hydroxyl groups is 1. The number of fused-ring (bicyclic) bond motifs is 1. The fraction of sp³-hybridized carbons (Fsp3) is 0.467. The van der Waals surface area contributed by atoms with E-state index in [-0.39, 0.29) is 58.7 Å². The van der Waals surface area contributed by atoms with Gasteiger partial charge in [-0.15, -0.1) is 0 Å². The van der Waals surface area contributed by atoms with Crippen LogP contribution in [-0.4, -0.2) is 83.9 Å². The number of morpholine rings is 1. The zero-order chi connectivity index (χ0) is 42.7. The Morgan fingerprint density at radius 3 is 1.95 bits per heavy atom. The van der Waals surface area contributed by atoms with E-state index in [9.17, 15) is 14.7 Å². The van der Waals surface area contributed by atoms with Crippen LogP contribution in [0.2, 0.25) is 16.6 Å². The van der Waals surface area contributed by atoms with Crippen molar-refractivity contribution in [2.45, 2.75) is 95.2 Å². The van der Waals surface area contributed by atoms with E-state index in [2.05, 4.69) is 67.1 Å². The number of hydrogen-bond donors (Lipinski definition) is 4. The molecule has 4 N–H and O–H groups in total. The minimum atomic E-state index is -2.73. The van der Waals surface area contributed by atoms with Crippen molar-refractivity contribution >= 4 is 31.1 Å². The summed E-state index contributed by atoms with van der Waals surface area (Å²) in [4.78, 5) is 37.7. The van der Waals surface area contributed by atoms with E-state index in [1.807, 2.05) is 78.9 Å². The van der Waals surface area contributed by atoms with Crippen LogP contribution in [0.1, 0.15) is 78.3 Å². The van der Waals surface area contributed by atoms with E-state index in [1.54, 1.807) is 32.6 Å². The van der Waals surface area contributed by atoms with Gasteiger partial charge in [0.25, 0.3) is 5.56 Å². The average molecular weight is 825 g/mol. The zero-order valence-corrected chi connectivity index (χ0v) is 36.9. The first-order chi connectivity index (χ1) is 28.1. The quantitative estimate of drug-likeness (QED) is 0.0593. The molecule has 0 saturated carbocycles. The number of ether oxygens (including phenoxy) is 4. The number of aliphatic hydroxyl groups excluding tert-OH is 1. The van der Waals surface area contributed by atoms with Gasteiger partial charge in [0.15, 0.2) is 11.2 Å². The standard InChI is InChI=1S/C45H60N6O7Si/c1-28(2)40(52)49-43-48-39-38(41(53)50-43)47-27-51(39)37-24-46-25-44(58-37,42(54)59(29(3)4,30(5)6)31(7)8)26-57-45(32-14-12-11-13-15-32,33-16-20-35(55-9)21-17-33)34-18-22-36(56-10)23-19-34/h11-23,27-31,37,42,46,54H,24-26H2,1-10H3,(H2,48,49,50,52,53)/t37-,42?,44+/m1/s1. The maximum absolute atomic E-state index is 13.4. The summed E-state index contributed by atoms with van der Waals surface area (Å²) in [5, 5.41) is 19.7. The number of aromatic amines is 1. The fourth-order valence-corrected chi connectivity index (χ4v) is 16.5. The van der Waals surface area contributed by atoms with Gasteiger partial charge in [-0.3, -0.25) is 24.5 Å². The molecule has 1 aliphatic rings. The van der Waals surface area contributed by atoms with Crippen LogP contribution in [0.5, 0.6) is 11.5 Å².